The van der Waals surface area contributed by atoms with Crippen LogP contribution in [0.15, 0.2) is 0 Å². The third-order valence-electron chi connectivity index (χ3n) is 3.28. The molecule has 96 valence electrons. The van der Waals surface area contributed by atoms with Gasteiger partial charge in [0.1, 0.15) is 0 Å². The highest BCUT2D eigenvalue weighted by molar-refractivity contribution is 8.07. The van der Waals surface area contributed by atoms with Crippen LogP contribution in [-0.2, 0) is 0 Å². The maximum atomic E-state index is 10.2. The van der Waals surface area contributed by atoms with E-state index in [2.05, 4.69) is 27.7 Å². The first-order chi connectivity index (χ1) is 7.50. The van der Waals surface area contributed by atoms with Crippen molar-refractivity contribution in [3.05, 3.63) is 0 Å². The summed E-state index contributed by atoms with van der Waals surface area (Å²) in [4.78, 5) is 0. The van der Waals surface area contributed by atoms with E-state index < -0.39 is 0 Å². The highest BCUT2D eigenvalue weighted by Crippen LogP contribution is 2.37. The van der Waals surface area contributed by atoms with Crippen molar-refractivity contribution < 1.29 is 5.11 Å². The average molecular weight is 262 g/mol. The lowest BCUT2D eigenvalue weighted by Gasteiger charge is -2.33. The lowest BCUT2D eigenvalue weighted by Crippen LogP contribution is -2.34. The molecule has 0 saturated carbocycles. The van der Waals surface area contributed by atoms with Crippen molar-refractivity contribution in [2.45, 2.75) is 68.8 Å². The smallest absolute Gasteiger partial charge is 0.0666 e. The summed E-state index contributed by atoms with van der Waals surface area (Å²) in [7, 11) is 0. The van der Waals surface area contributed by atoms with Gasteiger partial charge in [-0.25, -0.2) is 0 Å². The zero-order valence-corrected chi connectivity index (χ0v) is 12.6. The summed E-state index contributed by atoms with van der Waals surface area (Å²) >= 11 is 4.01. The fourth-order valence-corrected chi connectivity index (χ4v) is 4.99. The van der Waals surface area contributed by atoms with Crippen LogP contribution < -0.4 is 0 Å². The van der Waals surface area contributed by atoms with Crippen molar-refractivity contribution in [1.29, 1.82) is 0 Å². The summed E-state index contributed by atoms with van der Waals surface area (Å²) in [6.45, 7) is 9.09. The SMILES string of the molecule is CC(C)CCCC(O)C1CSC(C)C(C)S1. The number of aliphatic hydroxyl groups excluding tert-OH is 1. The van der Waals surface area contributed by atoms with Crippen molar-refractivity contribution in [3.8, 4) is 0 Å². The largest absolute Gasteiger partial charge is 0.392 e. The Morgan fingerprint density at radius 2 is 1.88 bits per heavy atom. The topological polar surface area (TPSA) is 20.2 Å². The van der Waals surface area contributed by atoms with Crippen LogP contribution >= 0.6 is 23.5 Å². The zero-order valence-electron chi connectivity index (χ0n) is 11.0. The van der Waals surface area contributed by atoms with Gasteiger partial charge in [0.05, 0.1) is 6.10 Å². The van der Waals surface area contributed by atoms with E-state index in [4.69, 9.17) is 0 Å². The molecular formula is C13H26OS2. The monoisotopic (exact) mass is 262 g/mol. The molecule has 3 heteroatoms. The van der Waals surface area contributed by atoms with Crippen molar-refractivity contribution in [1.82, 2.24) is 0 Å². The molecule has 0 spiro atoms. The second kappa shape index (κ2) is 7.17. The molecule has 0 bridgehead atoms. The molecule has 0 aromatic heterocycles. The summed E-state index contributed by atoms with van der Waals surface area (Å²) in [6.07, 6.45) is 3.31. The molecule has 4 unspecified atom stereocenters. The minimum absolute atomic E-state index is 0.0915. The molecule has 0 radical (unpaired) electrons. The Bertz CT molecular complexity index is 196. The van der Waals surface area contributed by atoms with Gasteiger partial charge in [0.15, 0.2) is 0 Å². The van der Waals surface area contributed by atoms with Crippen LogP contribution in [0.5, 0.6) is 0 Å². The summed E-state index contributed by atoms with van der Waals surface area (Å²) in [5.41, 5.74) is 0. The number of thioether (sulfide) groups is 2. The van der Waals surface area contributed by atoms with E-state index in [1.807, 2.05) is 23.5 Å². The molecule has 1 rings (SSSR count). The maximum absolute atomic E-state index is 10.2. The van der Waals surface area contributed by atoms with Crippen LogP contribution in [0.4, 0.5) is 0 Å². The van der Waals surface area contributed by atoms with Gasteiger partial charge < -0.3 is 5.11 Å². The fraction of sp³-hybridized carbons (Fsp3) is 1.00. The second-order valence-corrected chi connectivity index (χ2v) is 8.34. The molecule has 1 aliphatic heterocycles. The summed E-state index contributed by atoms with van der Waals surface area (Å²) in [5, 5.41) is 12.0. The van der Waals surface area contributed by atoms with Crippen LogP contribution in [-0.4, -0.2) is 32.7 Å². The van der Waals surface area contributed by atoms with Gasteiger partial charge in [-0.2, -0.15) is 23.5 Å². The third-order valence-corrected chi connectivity index (χ3v) is 6.82. The van der Waals surface area contributed by atoms with E-state index in [0.717, 1.165) is 23.3 Å². The zero-order chi connectivity index (χ0) is 12.1. The van der Waals surface area contributed by atoms with Crippen molar-refractivity contribution in [2.24, 2.45) is 5.92 Å². The summed E-state index contributed by atoms with van der Waals surface area (Å²) in [6, 6.07) is 0. The van der Waals surface area contributed by atoms with E-state index >= 15 is 0 Å². The highest BCUT2D eigenvalue weighted by atomic mass is 32.2. The van der Waals surface area contributed by atoms with Gasteiger partial charge in [-0.3, -0.25) is 0 Å². The van der Waals surface area contributed by atoms with E-state index in [0.29, 0.717) is 10.5 Å². The first-order valence-electron chi connectivity index (χ1n) is 6.45. The lowest BCUT2D eigenvalue weighted by atomic mass is 10.0. The average Bonchev–Trinajstić information content (AvgIpc) is 2.21. The Morgan fingerprint density at radius 3 is 2.44 bits per heavy atom. The molecule has 0 aromatic rings. The predicted molar refractivity (Wildman–Crippen MR) is 77.5 cm³/mol. The lowest BCUT2D eigenvalue weighted by molar-refractivity contribution is 0.161. The van der Waals surface area contributed by atoms with Gasteiger partial charge in [0.2, 0.25) is 0 Å². The molecule has 1 heterocycles. The maximum Gasteiger partial charge on any atom is 0.0666 e. The molecule has 0 aliphatic carbocycles. The van der Waals surface area contributed by atoms with Crippen molar-refractivity contribution >= 4 is 23.5 Å². The standard InChI is InChI=1S/C13H26OS2/c1-9(2)6-5-7-12(14)13-8-15-10(3)11(4)16-13/h9-14H,5-8H2,1-4H3. The molecule has 1 saturated heterocycles. The molecule has 16 heavy (non-hydrogen) atoms. The van der Waals surface area contributed by atoms with Crippen molar-refractivity contribution in [2.75, 3.05) is 5.75 Å². The highest BCUT2D eigenvalue weighted by Gasteiger charge is 2.29. The minimum Gasteiger partial charge on any atom is -0.392 e. The van der Waals surface area contributed by atoms with E-state index in [9.17, 15) is 5.11 Å². The Balaban J connectivity index is 2.23. The van der Waals surface area contributed by atoms with Gasteiger partial charge in [-0.05, 0) is 12.3 Å². The molecule has 1 fully saturated rings. The number of rotatable bonds is 5. The van der Waals surface area contributed by atoms with Crippen LogP contribution in [0.25, 0.3) is 0 Å². The summed E-state index contributed by atoms with van der Waals surface area (Å²) in [5.74, 6) is 1.89. The van der Waals surface area contributed by atoms with E-state index in [-0.39, 0.29) is 6.10 Å². The van der Waals surface area contributed by atoms with Gasteiger partial charge in [-0.15, -0.1) is 0 Å². The van der Waals surface area contributed by atoms with E-state index in [1.54, 1.807) is 0 Å². The van der Waals surface area contributed by atoms with E-state index in [1.165, 1.54) is 12.8 Å². The molecule has 0 aromatic carbocycles. The van der Waals surface area contributed by atoms with Crippen LogP contribution in [0.2, 0.25) is 0 Å². The molecular weight excluding hydrogens is 236 g/mol. The minimum atomic E-state index is -0.0915. The van der Waals surface area contributed by atoms with Gasteiger partial charge in [0.25, 0.3) is 0 Å². The Labute approximate surface area is 109 Å². The number of aliphatic hydroxyl groups is 1. The first-order valence-corrected chi connectivity index (χ1v) is 8.45. The molecule has 4 atom stereocenters. The Hall–Kier alpha value is 0.660. The fourth-order valence-electron chi connectivity index (χ4n) is 1.93. The number of hydrogen-bond acceptors (Lipinski definition) is 3. The second-order valence-electron chi connectivity index (χ2n) is 5.31. The number of hydrogen-bond donors (Lipinski definition) is 1. The van der Waals surface area contributed by atoms with Crippen LogP contribution in [0.1, 0.15) is 47.0 Å². The molecule has 1 nitrogen and oxygen atoms in total. The van der Waals surface area contributed by atoms with Crippen molar-refractivity contribution in [3.63, 3.8) is 0 Å². The van der Waals surface area contributed by atoms with Crippen LogP contribution in [0.3, 0.4) is 0 Å². The molecule has 1 aliphatic rings. The van der Waals surface area contributed by atoms with Crippen LogP contribution in [0, 0.1) is 5.92 Å². The Morgan fingerprint density at radius 1 is 1.19 bits per heavy atom. The van der Waals surface area contributed by atoms with Gasteiger partial charge in [-0.1, -0.05) is 40.5 Å². The first kappa shape index (κ1) is 14.7. The quantitative estimate of drug-likeness (QED) is 0.814. The van der Waals surface area contributed by atoms with Gasteiger partial charge in [0, 0.05) is 21.5 Å². The third kappa shape index (κ3) is 4.89. The normalized spacial score (nSPS) is 33.0. The predicted octanol–water partition coefficient (Wildman–Crippen LogP) is 3.80. The summed E-state index contributed by atoms with van der Waals surface area (Å²) < 4.78 is 0. The van der Waals surface area contributed by atoms with Gasteiger partial charge >= 0.3 is 0 Å². The Kier molecular flexibility index (Phi) is 6.60. The molecule has 1 N–H and O–H groups in total. The molecule has 0 amide bonds.